The van der Waals surface area contributed by atoms with Gasteiger partial charge in [-0.2, -0.15) is 0 Å². The molecule has 2 aromatic rings. The Morgan fingerprint density at radius 2 is 1.01 bits per heavy atom. The van der Waals surface area contributed by atoms with Gasteiger partial charge in [0.2, 0.25) is 12.6 Å². The highest BCUT2D eigenvalue weighted by molar-refractivity contribution is 6.03. The number of aliphatic carboxylic acids is 2. The lowest BCUT2D eigenvalue weighted by Gasteiger charge is -2.37. The summed E-state index contributed by atoms with van der Waals surface area (Å²) in [5.74, 6) is -5.96. The molecule has 0 bridgehead atoms. The summed E-state index contributed by atoms with van der Waals surface area (Å²) in [4.78, 5) is 81.9. The zero-order valence-corrected chi connectivity index (χ0v) is 36.7. The Morgan fingerprint density at radius 3 is 1.42 bits per heavy atom. The van der Waals surface area contributed by atoms with Crippen LogP contribution in [0.3, 0.4) is 0 Å². The van der Waals surface area contributed by atoms with Crippen LogP contribution in [0.4, 0.5) is 0 Å². The number of carbonyl (C=O) groups is 6. The molecule has 22 nitrogen and oxygen atoms in total. The average molecular weight is 937 g/mol. The molecule has 12 N–H and O–H groups in total. The van der Waals surface area contributed by atoms with Crippen LogP contribution in [0.15, 0.2) is 59.0 Å². The first-order valence-electron chi connectivity index (χ1n) is 21.0. The van der Waals surface area contributed by atoms with Crippen molar-refractivity contribution in [3.05, 3.63) is 104 Å². The first kappa shape index (κ1) is 49.9. The molecule has 10 atom stereocenters. The standard InChI is InChI=1S/C45H52N4O18/c1-7-20-19(6)40(58)49-27(20)14-25-18(5)23(10-12-31(51)65-45-37(57)33(53)35(55)39(67-45)43(62)63)29(47-25)15-28-22(17(4)24(46-28)13-26-16(3)21(8-2)41(59)48-26)9-11-30(50)64-44-36(56)32(52)34(54)38(66-44)42(60)61/h7-8,13-14,32-39,44-47,52-57H,1-2,9-12,15H2,3-6H3,(H,48,59)(H,49,58)(H,60,61)(H,62,63)/b26-13+,27-14+/t32-,33-,34-,35-,36+,37+,38-,39-,44+,45+/m0/s1. The summed E-state index contributed by atoms with van der Waals surface area (Å²) < 4.78 is 20.8. The van der Waals surface area contributed by atoms with E-state index in [9.17, 15) is 69.6 Å². The summed E-state index contributed by atoms with van der Waals surface area (Å²) in [5, 5.41) is 86.0. The predicted molar refractivity (Wildman–Crippen MR) is 229 cm³/mol. The maximum absolute atomic E-state index is 13.3. The van der Waals surface area contributed by atoms with Crippen molar-refractivity contribution in [3.8, 4) is 0 Å². The lowest BCUT2D eigenvalue weighted by atomic mass is 9.98. The zero-order chi connectivity index (χ0) is 49.3. The molecule has 2 amide bonds. The maximum Gasteiger partial charge on any atom is 0.335 e. The van der Waals surface area contributed by atoms with Gasteiger partial charge in [-0.05, 0) is 80.5 Å². The first-order valence-corrected chi connectivity index (χ1v) is 21.0. The molecule has 2 aromatic heterocycles. The van der Waals surface area contributed by atoms with Crippen LogP contribution in [0.1, 0.15) is 71.7 Å². The van der Waals surface area contributed by atoms with E-state index in [-0.39, 0.29) is 43.9 Å². The second kappa shape index (κ2) is 20.2. The summed E-state index contributed by atoms with van der Waals surface area (Å²) in [6.07, 6.45) is -14.3. The van der Waals surface area contributed by atoms with Gasteiger partial charge in [0, 0.05) is 64.5 Å². The molecule has 2 fully saturated rings. The molecule has 6 heterocycles. The normalized spacial score (nSPS) is 28.7. The Balaban J connectivity index is 1.35. The summed E-state index contributed by atoms with van der Waals surface area (Å²) >= 11 is 0. The van der Waals surface area contributed by atoms with Crippen molar-refractivity contribution in [1.82, 2.24) is 20.6 Å². The lowest BCUT2D eigenvalue weighted by molar-refractivity contribution is -0.286. The Kier molecular flexibility index (Phi) is 15.0. The van der Waals surface area contributed by atoms with Gasteiger partial charge in [-0.25, -0.2) is 9.59 Å². The molecule has 0 aliphatic carbocycles. The lowest BCUT2D eigenvalue weighted by Crippen LogP contribution is -2.60. The molecule has 0 saturated carbocycles. The molecule has 0 unspecified atom stereocenters. The van der Waals surface area contributed by atoms with Gasteiger partial charge in [0.25, 0.3) is 11.8 Å². The number of aromatic amines is 2. The number of allylic oxidation sites excluding steroid dienone is 2. The van der Waals surface area contributed by atoms with E-state index in [1.807, 2.05) is 0 Å². The van der Waals surface area contributed by atoms with Crippen LogP contribution in [0.25, 0.3) is 12.2 Å². The third-order valence-corrected chi connectivity index (χ3v) is 12.2. The number of H-pyrrole nitrogens is 2. The van der Waals surface area contributed by atoms with Gasteiger partial charge in [-0.1, -0.05) is 25.3 Å². The van der Waals surface area contributed by atoms with E-state index in [0.29, 0.717) is 78.7 Å². The van der Waals surface area contributed by atoms with Crippen LogP contribution >= 0.6 is 0 Å². The highest BCUT2D eigenvalue weighted by Gasteiger charge is 2.50. The molecule has 0 radical (unpaired) electrons. The van der Waals surface area contributed by atoms with E-state index >= 15 is 0 Å². The maximum atomic E-state index is 13.3. The van der Waals surface area contributed by atoms with Gasteiger partial charge in [0.05, 0.1) is 5.70 Å². The third-order valence-electron chi connectivity index (χ3n) is 12.2. The van der Waals surface area contributed by atoms with E-state index in [1.54, 1.807) is 39.8 Å². The van der Waals surface area contributed by atoms with Gasteiger partial charge >= 0.3 is 23.9 Å². The molecular formula is C45H52N4O18. The number of aliphatic hydroxyl groups is 6. The van der Waals surface area contributed by atoms with Crippen LogP contribution < -0.4 is 10.6 Å². The fraction of sp³-hybridized carbons (Fsp3) is 0.422. The zero-order valence-electron chi connectivity index (χ0n) is 36.7. The van der Waals surface area contributed by atoms with Crippen molar-refractivity contribution in [3.63, 3.8) is 0 Å². The average Bonchev–Trinajstić information content (AvgIpc) is 3.93. The SMILES string of the molecule is C=CC1=C(C)/C(=C\c2[nH]c(Cc3[nH]c(/C=C4/NC(=O)C(C)=C4C=C)c(C)c3CCC(=O)O[C@@H]3O[C@H](C(=O)O)[C@@H](O)[C@H](O)[C@H]3O)c(CCC(=O)O[C@@H]3O[C@H](C(=O)O)[C@@H](O)[C@H](O)[C@H]3O)c2C)NC1=O. The third kappa shape index (κ3) is 10.1. The number of carboxylic acids is 2. The molecule has 0 aromatic carbocycles. The number of ether oxygens (including phenoxy) is 4. The van der Waals surface area contributed by atoms with E-state index in [1.165, 1.54) is 12.2 Å². The summed E-state index contributed by atoms with van der Waals surface area (Å²) in [5.41, 5.74) is 7.33. The number of carboxylic acid groups (broad SMARTS) is 2. The first-order chi connectivity index (χ1) is 31.6. The number of rotatable bonds is 16. The van der Waals surface area contributed by atoms with E-state index in [2.05, 4.69) is 33.8 Å². The minimum absolute atomic E-state index is 0.0340. The predicted octanol–water partition coefficient (Wildman–Crippen LogP) is -0.767. The minimum atomic E-state index is -2.01. The summed E-state index contributed by atoms with van der Waals surface area (Å²) in [7, 11) is 0. The number of aliphatic hydroxyl groups excluding tert-OH is 6. The molecule has 2 saturated heterocycles. The quantitative estimate of drug-likeness (QED) is 0.0920. The van der Waals surface area contributed by atoms with E-state index in [4.69, 9.17) is 18.9 Å². The fourth-order valence-corrected chi connectivity index (χ4v) is 8.28. The second-order valence-electron chi connectivity index (χ2n) is 16.4. The minimum Gasteiger partial charge on any atom is -0.479 e. The highest BCUT2D eigenvalue weighted by atomic mass is 16.7. The molecule has 6 rings (SSSR count). The number of amides is 2. The fourth-order valence-electron chi connectivity index (χ4n) is 8.28. The van der Waals surface area contributed by atoms with E-state index < -0.39 is 85.3 Å². The molecule has 22 heteroatoms. The number of hydrogen-bond donors (Lipinski definition) is 12. The van der Waals surface area contributed by atoms with Gasteiger partial charge < -0.3 is 80.4 Å². The molecule has 4 aliphatic heterocycles. The molecular weight excluding hydrogens is 885 g/mol. The number of esters is 2. The van der Waals surface area contributed by atoms with Crippen molar-refractivity contribution < 1.29 is 88.6 Å². The molecule has 0 spiro atoms. The van der Waals surface area contributed by atoms with Gasteiger partial charge in [0.1, 0.15) is 36.6 Å². The van der Waals surface area contributed by atoms with Crippen LogP contribution in [-0.4, -0.2) is 148 Å². The van der Waals surface area contributed by atoms with Crippen molar-refractivity contribution in [2.45, 2.75) is 121 Å². The van der Waals surface area contributed by atoms with Gasteiger partial charge in [-0.15, -0.1) is 0 Å². The van der Waals surface area contributed by atoms with Crippen LogP contribution in [0.2, 0.25) is 0 Å². The molecule has 360 valence electrons. The van der Waals surface area contributed by atoms with E-state index in [0.717, 1.165) is 0 Å². The second-order valence-corrected chi connectivity index (χ2v) is 16.4. The Bertz CT molecular complexity index is 2530. The Hall–Kier alpha value is -6.50. The van der Waals surface area contributed by atoms with Crippen LogP contribution in [-0.2, 0) is 67.0 Å². The van der Waals surface area contributed by atoms with Gasteiger partial charge in [0.15, 0.2) is 12.2 Å². The smallest absolute Gasteiger partial charge is 0.335 e. The molecule has 4 aliphatic rings. The monoisotopic (exact) mass is 936 g/mol. The summed E-state index contributed by atoms with van der Waals surface area (Å²) in [6, 6.07) is 0. The molecule has 67 heavy (non-hydrogen) atoms. The number of carbonyl (C=O) groups excluding carboxylic acids is 4. The largest absolute Gasteiger partial charge is 0.479 e. The number of aromatic nitrogens is 2. The van der Waals surface area contributed by atoms with Crippen LogP contribution in [0, 0.1) is 13.8 Å². The van der Waals surface area contributed by atoms with Crippen molar-refractivity contribution in [2.75, 3.05) is 0 Å². The number of nitrogens with one attached hydrogen (secondary N) is 4. The Morgan fingerprint density at radius 1 is 0.597 bits per heavy atom. The van der Waals surface area contributed by atoms with Crippen molar-refractivity contribution in [2.24, 2.45) is 0 Å². The summed E-state index contributed by atoms with van der Waals surface area (Å²) in [6.45, 7) is 14.4. The van der Waals surface area contributed by atoms with Crippen molar-refractivity contribution in [1.29, 1.82) is 0 Å². The Labute approximate surface area is 381 Å². The topological polar surface area (TPSA) is 357 Å². The number of hydrogen-bond acceptors (Lipinski definition) is 16. The van der Waals surface area contributed by atoms with Crippen LogP contribution in [0.5, 0.6) is 0 Å². The van der Waals surface area contributed by atoms with Crippen molar-refractivity contribution >= 4 is 47.8 Å². The van der Waals surface area contributed by atoms with Gasteiger partial charge in [-0.3, -0.25) is 19.2 Å². The highest BCUT2D eigenvalue weighted by Crippen LogP contribution is 2.33.